The van der Waals surface area contributed by atoms with Crippen LogP contribution in [0.15, 0.2) is 35.6 Å². The number of hydrogen-bond donors (Lipinski definition) is 0. The first-order chi connectivity index (χ1) is 9.85. The van der Waals surface area contributed by atoms with Crippen LogP contribution in [0.4, 0.5) is 0 Å². The lowest BCUT2D eigenvalue weighted by Crippen LogP contribution is -2.27. The molecule has 0 unspecified atom stereocenters. The number of ether oxygens (including phenoxy) is 1. The van der Waals surface area contributed by atoms with Crippen LogP contribution in [0.5, 0.6) is 5.75 Å². The highest BCUT2D eigenvalue weighted by atomic mass is 16.5. The predicted molar refractivity (Wildman–Crippen MR) is 78.6 cm³/mol. The summed E-state index contributed by atoms with van der Waals surface area (Å²) in [5, 5.41) is 0. The SMILES string of the molecule is CCN=c1c2c(ncn1CC)-c1ccccc1OCC2. The van der Waals surface area contributed by atoms with Crippen molar-refractivity contribution >= 4 is 0 Å². The van der Waals surface area contributed by atoms with Gasteiger partial charge in [0.2, 0.25) is 0 Å². The standard InChI is InChI=1S/C16H19N3O/c1-3-17-16-13-9-10-20-14-8-6-5-7-12(14)15(13)18-11-19(16)4-2/h5-8,11H,3-4,9-10H2,1-2H3. The average Bonchev–Trinajstić information content (AvgIpc) is 2.67. The number of aromatic nitrogens is 2. The summed E-state index contributed by atoms with van der Waals surface area (Å²) in [7, 11) is 0. The van der Waals surface area contributed by atoms with Crippen LogP contribution in [0.3, 0.4) is 0 Å². The van der Waals surface area contributed by atoms with E-state index in [-0.39, 0.29) is 0 Å². The Morgan fingerprint density at radius 1 is 1.30 bits per heavy atom. The normalized spacial score (nSPS) is 14.2. The maximum atomic E-state index is 5.85. The molecule has 0 spiro atoms. The van der Waals surface area contributed by atoms with Gasteiger partial charge in [-0.15, -0.1) is 0 Å². The van der Waals surface area contributed by atoms with Gasteiger partial charge in [-0.05, 0) is 26.0 Å². The van der Waals surface area contributed by atoms with Crippen LogP contribution >= 0.6 is 0 Å². The first-order valence-corrected chi connectivity index (χ1v) is 7.16. The number of para-hydroxylation sites is 1. The molecule has 0 saturated carbocycles. The van der Waals surface area contributed by atoms with E-state index in [4.69, 9.17) is 4.74 Å². The van der Waals surface area contributed by atoms with E-state index in [0.717, 1.165) is 42.0 Å². The fourth-order valence-corrected chi connectivity index (χ4v) is 2.62. The van der Waals surface area contributed by atoms with E-state index in [9.17, 15) is 0 Å². The fourth-order valence-electron chi connectivity index (χ4n) is 2.62. The molecule has 0 fully saturated rings. The molecule has 2 heterocycles. The van der Waals surface area contributed by atoms with Crippen molar-refractivity contribution in [3.05, 3.63) is 41.6 Å². The van der Waals surface area contributed by atoms with Crippen molar-refractivity contribution < 1.29 is 4.74 Å². The van der Waals surface area contributed by atoms with Crippen LogP contribution in [0.2, 0.25) is 0 Å². The Balaban J connectivity index is 2.31. The third-order valence-corrected chi connectivity index (χ3v) is 3.55. The highest BCUT2D eigenvalue weighted by molar-refractivity contribution is 5.70. The Morgan fingerprint density at radius 3 is 2.95 bits per heavy atom. The fraction of sp³-hybridized carbons (Fsp3) is 0.375. The van der Waals surface area contributed by atoms with Gasteiger partial charge in [-0.25, -0.2) is 4.98 Å². The van der Waals surface area contributed by atoms with Crippen molar-refractivity contribution in [2.45, 2.75) is 26.8 Å². The highest BCUT2D eigenvalue weighted by Gasteiger charge is 2.18. The lowest BCUT2D eigenvalue weighted by atomic mass is 10.0. The van der Waals surface area contributed by atoms with E-state index in [0.29, 0.717) is 6.61 Å². The summed E-state index contributed by atoms with van der Waals surface area (Å²) >= 11 is 0. The minimum atomic E-state index is 0.672. The van der Waals surface area contributed by atoms with Gasteiger partial charge in [0.05, 0.1) is 18.6 Å². The molecule has 20 heavy (non-hydrogen) atoms. The van der Waals surface area contributed by atoms with E-state index < -0.39 is 0 Å². The number of fused-ring (bicyclic) bond motifs is 3. The van der Waals surface area contributed by atoms with Crippen LogP contribution < -0.4 is 10.2 Å². The lowest BCUT2D eigenvalue weighted by Gasteiger charge is -2.11. The minimum Gasteiger partial charge on any atom is -0.493 e. The molecule has 0 saturated heterocycles. The molecule has 0 N–H and O–H groups in total. The highest BCUT2D eigenvalue weighted by Crippen LogP contribution is 2.32. The molecular formula is C16H19N3O. The topological polar surface area (TPSA) is 39.4 Å². The number of rotatable bonds is 2. The summed E-state index contributed by atoms with van der Waals surface area (Å²) in [6, 6.07) is 8.09. The van der Waals surface area contributed by atoms with Crippen molar-refractivity contribution in [1.29, 1.82) is 0 Å². The Hall–Kier alpha value is -2.10. The lowest BCUT2D eigenvalue weighted by molar-refractivity contribution is 0.325. The summed E-state index contributed by atoms with van der Waals surface area (Å²) in [4.78, 5) is 9.33. The van der Waals surface area contributed by atoms with Crippen molar-refractivity contribution in [2.24, 2.45) is 4.99 Å². The quantitative estimate of drug-likeness (QED) is 0.840. The Kier molecular flexibility index (Phi) is 3.54. The largest absolute Gasteiger partial charge is 0.493 e. The Morgan fingerprint density at radius 2 is 2.15 bits per heavy atom. The van der Waals surface area contributed by atoms with Gasteiger partial charge in [-0.3, -0.25) is 4.99 Å². The van der Waals surface area contributed by atoms with Gasteiger partial charge in [0, 0.05) is 30.6 Å². The van der Waals surface area contributed by atoms with Gasteiger partial charge in [-0.2, -0.15) is 0 Å². The van der Waals surface area contributed by atoms with Crippen LogP contribution in [0.1, 0.15) is 19.4 Å². The van der Waals surface area contributed by atoms with E-state index in [1.807, 2.05) is 24.5 Å². The monoisotopic (exact) mass is 269 g/mol. The predicted octanol–water partition coefficient (Wildman–Crippen LogP) is 2.43. The van der Waals surface area contributed by atoms with Gasteiger partial charge in [0.15, 0.2) is 0 Å². The zero-order chi connectivity index (χ0) is 13.9. The van der Waals surface area contributed by atoms with Crippen LogP contribution in [-0.2, 0) is 13.0 Å². The molecule has 0 radical (unpaired) electrons. The molecule has 1 aromatic carbocycles. The Bertz CT molecular complexity index is 688. The molecule has 2 aromatic rings. The number of nitrogens with zero attached hydrogens (tertiary/aromatic N) is 3. The van der Waals surface area contributed by atoms with Gasteiger partial charge in [0.25, 0.3) is 0 Å². The molecule has 4 heteroatoms. The molecule has 1 aromatic heterocycles. The molecule has 4 nitrogen and oxygen atoms in total. The van der Waals surface area contributed by atoms with Crippen molar-refractivity contribution in [3.8, 4) is 17.0 Å². The Labute approximate surface area is 118 Å². The summed E-state index contributed by atoms with van der Waals surface area (Å²) in [5.74, 6) is 0.912. The summed E-state index contributed by atoms with van der Waals surface area (Å²) in [6.45, 7) is 6.50. The van der Waals surface area contributed by atoms with Gasteiger partial charge >= 0.3 is 0 Å². The molecule has 1 aliphatic rings. The van der Waals surface area contributed by atoms with E-state index >= 15 is 0 Å². The first kappa shape index (κ1) is 12.9. The minimum absolute atomic E-state index is 0.672. The van der Waals surface area contributed by atoms with E-state index in [2.05, 4.69) is 34.5 Å². The number of aryl methyl sites for hydroxylation is 1. The summed E-state index contributed by atoms with van der Waals surface area (Å²) in [6.07, 6.45) is 2.73. The molecule has 0 bridgehead atoms. The third kappa shape index (κ3) is 2.11. The van der Waals surface area contributed by atoms with Crippen LogP contribution in [-0.4, -0.2) is 22.7 Å². The molecule has 1 aliphatic heterocycles. The second-order valence-electron chi connectivity index (χ2n) is 4.75. The van der Waals surface area contributed by atoms with E-state index in [1.54, 1.807) is 0 Å². The van der Waals surface area contributed by atoms with Crippen molar-refractivity contribution in [1.82, 2.24) is 9.55 Å². The molecular weight excluding hydrogens is 250 g/mol. The molecule has 3 rings (SSSR count). The molecule has 0 amide bonds. The van der Waals surface area contributed by atoms with Crippen LogP contribution in [0, 0.1) is 0 Å². The number of benzene rings is 1. The van der Waals surface area contributed by atoms with E-state index in [1.165, 1.54) is 5.56 Å². The average molecular weight is 269 g/mol. The maximum absolute atomic E-state index is 5.85. The third-order valence-electron chi connectivity index (χ3n) is 3.55. The van der Waals surface area contributed by atoms with Gasteiger partial charge in [0.1, 0.15) is 11.2 Å². The molecule has 0 atom stereocenters. The van der Waals surface area contributed by atoms with Crippen molar-refractivity contribution in [3.63, 3.8) is 0 Å². The second kappa shape index (κ2) is 5.49. The number of hydrogen-bond acceptors (Lipinski definition) is 3. The second-order valence-corrected chi connectivity index (χ2v) is 4.75. The zero-order valence-electron chi connectivity index (χ0n) is 12.0. The maximum Gasteiger partial charge on any atom is 0.134 e. The van der Waals surface area contributed by atoms with Crippen molar-refractivity contribution in [2.75, 3.05) is 13.2 Å². The summed E-state index contributed by atoms with van der Waals surface area (Å²) < 4.78 is 7.95. The zero-order valence-corrected chi connectivity index (χ0v) is 12.0. The van der Waals surface area contributed by atoms with Gasteiger partial charge < -0.3 is 9.30 Å². The van der Waals surface area contributed by atoms with Gasteiger partial charge in [-0.1, -0.05) is 12.1 Å². The summed E-state index contributed by atoms with van der Waals surface area (Å²) in [5.41, 5.74) is 4.31. The molecule has 0 aliphatic carbocycles. The first-order valence-electron chi connectivity index (χ1n) is 7.16. The van der Waals surface area contributed by atoms with Crippen LogP contribution in [0.25, 0.3) is 11.3 Å². The molecule has 104 valence electrons. The smallest absolute Gasteiger partial charge is 0.134 e.